The van der Waals surface area contributed by atoms with Crippen molar-refractivity contribution in [3.63, 3.8) is 0 Å². The predicted octanol–water partition coefficient (Wildman–Crippen LogP) is 5.14. The van der Waals surface area contributed by atoms with Gasteiger partial charge in [-0.1, -0.05) is 48.5 Å². The number of aryl methyl sites for hydroxylation is 1. The van der Waals surface area contributed by atoms with Crippen molar-refractivity contribution < 1.29 is 9.59 Å². The number of rotatable bonds is 8. The zero-order valence-electron chi connectivity index (χ0n) is 17.7. The van der Waals surface area contributed by atoms with E-state index >= 15 is 0 Å². The van der Waals surface area contributed by atoms with Crippen molar-refractivity contribution in [1.82, 2.24) is 9.80 Å². The Balaban J connectivity index is 1.80. The lowest BCUT2D eigenvalue weighted by Gasteiger charge is -2.30. The van der Waals surface area contributed by atoms with E-state index in [1.165, 1.54) is 4.88 Å². The van der Waals surface area contributed by atoms with E-state index in [1.807, 2.05) is 67.3 Å². The molecule has 0 radical (unpaired) electrons. The molecule has 0 aliphatic carbocycles. The monoisotopic (exact) mass is 420 g/mol. The van der Waals surface area contributed by atoms with Gasteiger partial charge in [0.2, 0.25) is 5.91 Å². The highest BCUT2D eigenvalue weighted by Crippen LogP contribution is 2.19. The molecular weight excluding hydrogens is 392 g/mol. The number of hydrogen-bond acceptors (Lipinski definition) is 3. The molecule has 0 aliphatic rings. The summed E-state index contributed by atoms with van der Waals surface area (Å²) in [6, 6.07) is 23.2. The molecule has 0 atom stereocenters. The van der Waals surface area contributed by atoms with Gasteiger partial charge in [0.1, 0.15) is 6.54 Å². The van der Waals surface area contributed by atoms with Gasteiger partial charge in [-0.15, -0.1) is 11.3 Å². The average molecular weight is 421 g/mol. The topological polar surface area (TPSA) is 40.6 Å². The minimum Gasteiger partial charge on any atom is -0.332 e. The molecule has 0 N–H and O–H groups in total. The van der Waals surface area contributed by atoms with Crippen molar-refractivity contribution >= 4 is 23.2 Å². The van der Waals surface area contributed by atoms with Crippen LogP contribution in [0.4, 0.5) is 0 Å². The molecule has 1 aromatic heterocycles. The van der Waals surface area contributed by atoms with Crippen molar-refractivity contribution in [2.24, 2.45) is 0 Å². The lowest BCUT2D eigenvalue weighted by atomic mass is 10.1. The highest BCUT2D eigenvalue weighted by atomic mass is 32.1. The number of benzene rings is 2. The second kappa shape index (κ2) is 10.2. The zero-order valence-corrected chi connectivity index (χ0v) is 18.6. The van der Waals surface area contributed by atoms with Gasteiger partial charge in [0.25, 0.3) is 5.91 Å². The Kier molecular flexibility index (Phi) is 7.41. The first-order chi connectivity index (χ1) is 14.4. The summed E-state index contributed by atoms with van der Waals surface area (Å²) < 4.78 is 0. The molecule has 0 aliphatic heterocycles. The Morgan fingerprint density at radius 1 is 0.867 bits per heavy atom. The summed E-state index contributed by atoms with van der Waals surface area (Å²) in [4.78, 5) is 32.2. The molecule has 3 rings (SSSR count). The van der Waals surface area contributed by atoms with E-state index in [9.17, 15) is 9.59 Å². The third kappa shape index (κ3) is 5.80. The SMILES string of the molecule is Cc1ccc(CN(Cc2ccccc2)C(=O)CN(C(=O)c2ccccc2)C(C)C)s1. The fourth-order valence-electron chi connectivity index (χ4n) is 3.28. The number of carbonyl (C=O) groups excluding carboxylic acids is 2. The van der Waals surface area contributed by atoms with Crippen LogP contribution in [0.3, 0.4) is 0 Å². The largest absolute Gasteiger partial charge is 0.332 e. The highest BCUT2D eigenvalue weighted by Gasteiger charge is 2.25. The Hall–Kier alpha value is -2.92. The molecule has 5 heteroatoms. The molecule has 0 spiro atoms. The van der Waals surface area contributed by atoms with E-state index < -0.39 is 0 Å². The molecule has 3 aromatic rings. The van der Waals surface area contributed by atoms with Gasteiger partial charge in [-0.2, -0.15) is 0 Å². The minimum atomic E-state index is -0.120. The number of carbonyl (C=O) groups is 2. The van der Waals surface area contributed by atoms with E-state index in [0.717, 1.165) is 10.4 Å². The fraction of sp³-hybridized carbons (Fsp3) is 0.280. The third-order valence-electron chi connectivity index (χ3n) is 4.92. The Morgan fingerprint density at radius 3 is 2.07 bits per heavy atom. The van der Waals surface area contributed by atoms with E-state index in [0.29, 0.717) is 18.7 Å². The van der Waals surface area contributed by atoms with Gasteiger partial charge in [-0.05, 0) is 50.6 Å². The highest BCUT2D eigenvalue weighted by molar-refractivity contribution is 7.11. The van der Waals surface area contributed by atoms with Crippen LogP contribution in [0.2, 0.25) is 0 Å². The maximum atomic E-state index is 13.3. The molecule has 0 saturated heterocycles. The lowest BCUT2D eigenvalue weighted by molar-refractivity contribution is -0.133. The van der Waals surface area contributed by atoms with Gasteiger partial charge >= 0.3 is 0 Å². The smallest absolute Gasteiger partial charge is 0.254 e. The van der Waals surface area contributed by atoms with Crippen LogP contribution in [0.1, 0.15) is 39.5 Å². The van der Waals surface area contributed by atoms with Crippen molar-refractivity contribution in [2.45, 2.75) is 39.9 Å². The number of hydrogen-bond donors (Lipinski definition) is 0. The molecule has 30 heavy (non-hydrogen) atoms. The van der Waals surface area contributed by atoms with Crippen molar-refractivity contribution in [3.05, 3.63) is 93.7 Å². The third-order valence-corrected chi connectivity index (χ3v) is 5.91. The predicted molar refractivity (Wildman–Crippen MR) is 122 cm³/mol. The summed E-state index contributed by atoms with van der Waals surface area (Å²) in [5.74, 6) is -0.173. The molecular formula is C25H28N2O2S. The van der Waals surface area contributed by atoms with Crippen LogP contribution < -0.4 is 0 Å². The number of nitrogens with zero attached hydrogens (tertiary/aromatic N) is 2. The van der Waals surface area contributed by atoms with E-state index in [-0.39, 0.29) is 24.4 Å². The molecule has 2 amide bonds. The van der Waals surface area contributed by atoms with Crippen LogP contribution >= 0.6 is 11.3 Å². The quantitative estimate of drug-likeness (QED) is 0.506. The first kappa shape index (κ1) is 21.8. The van der Waals surface area contributed by atoms with Crippen LogP contribution in [-0.4, -0.2) is 34.2 Å². The Morgan fingerprint density at radius 2 is 1.50 bits per heavy atom. The maximum Gasteiger partial charge on any atom is 0.254 e. The number of thiophene rings is 1. The van der Waals surface area contributed by atoms with Crippen molar-refractivity contribution in [2.75, 3.05) is 6.54 Å². The second-order valence-corrected chi connectivity index (χ2v) is 9.01. The summed E-state index contributed by atoms with van der Waals surface area (Å²) in [7, 11) is 0. The van der Waals surface area contributed by atoms with Crippen LogP contribution in [-0.2, 0) is 17.9 Å². The molecule has 2 aromatic carbocycles. The molecule has 156 valence electrons. The van der Waals surface area contributed by atoms with Crippen molar-refractivity contribution in [3.8, 4) is 0 Å². The summed E-state index contributed by atoms with van der Waals surface area (Å²) in [5, 5.41) is 0. The van der Waals surface area contributed by atoms with Crippen LogP contribution in [0.15, 0.2) is 72.8 Å². The Labute approximate surface area is 182 Å². The molecule has 4 nitrogen and oxygen atoms in total. The molecule has 0 unspecified atom stereocenters. The summed E-state index contributed by atoms with van der Waals surface area (Å²) in [6.07, 6.45) is 0. The van der Waals surface area contributed by atoms with Crippen molar-refractivity contribution in [1.29, 1.82) is 0 Å². The molecule has 0 bridgehead atoms. The van der Waals surface area contributed by atoms with Gasteiger partial charge in [0, 0.05) is 27.9 Å². The number of amides is 2. The molecule has 1 heterocycles. The maximum absolute atomic E-state index is 13.3. The van der Waals surface area contributed by atoms with Gasteiger partial charge in [-0.3, -0.25) is 9.59 Å². The lowest BCUT2D eigenvalue weighted by Crippen LogP contribution is -2.45. The van der Waals surface area contributed by atoms with Gasteiger partial charge in [-0.25, -0.2) is 0 Å². The standard InChI is InChI=1S/C25H28N2O2S/c1-19(2)27(25(29)22-12-8-5-9-13-22)18-24(28)26(16-21-10-6-4-7-11-21)17-23-15-14-20(3)30-23/h4-15,19H,16-18H2,1-3H3. The van der Waals surface area contributed by atoms with Gasteiger partial charge < -0.3 is 9.80 Å². The first-order valence-electron chi connectivity index (χ1n) is 10.2. The van der Waals surface area contributed by atoms with Crippen LogP contribution in [0.25, 0.3) is 0 Å². The van der Waals surface area contributed by atoms with E-state index in [2.05, 4.69) is 19.1 Å². The second-order valence-electron chi connectivity index (χ2n) is 7.64. The minimum absolute atomic E-state index is 0.0529. The van der Waals surface area contributed by atoms with Crippen LogP contribution in [0, 0.1) is 6.92 Å². The summed E-state index contributed by atoms with van der Waals surface area (Å²) in [5.41, 5.74) is 1.67. The molecule has 0 saturated carbocycles. The van der Waals surface area contributed by atoms with E-state index in [1.54, 1.807) is 28.4 Å². The summed E-state index contributed by atoms with van der Waals surface area (Å²) in [6.45, 7) is 7.06. The normalized spacial score (nSPS) is 10.8. The van der Waals surface area contributed by atoms with Crippen LogP contribution in [0.5, 0.6) is 0 Å². The summed E-state index contributed by atoms with van der Waals surface area (Å²) >= 11 is 1.70. The Bertz CT molecular complexity index is 967. The van der Waals surface area contributed by atoms with Gasteiger partial charge in [0.05, 0.1) is 6.54 Å². The van der Waals surface area contributed by atoms with E-state index in [4.69, 9.17) is 0 Å². The van der Waals surface area contributed by atoms with Gasteiger partial charge in [0.15, 0.2) is 0 Å². The molecule has 0 fully saturated rings. The average Bonchev–Trinajstić information content (AvgIpc) is 3.16. The zero-order chi connectivity index (χ0) is 21.5. The first-order valence-corrected chi connectivity index (χ1v) is 11.0. The fourth-order valence-corrected chi connectivity index (χ4v) is 4.18.